The summed E-state index contributed by atoms with van der Waals surface area (Å²) in [6, 6.07) is 9.22. The Kier molecular flexibility index (Phi) is 4.83. The first-order valence-corrected chi connectivity index (χ1v) is 8.13. The summed E-state index contributed by atoms with van der Waals surface area (Å²) in [6.45, 7) is 4.81. The third kappa shape index (κ3) is 3.71. The predicted molar refractivity (Wildman–Crippen MR) is 96.7 cm³/mol. The number of ether oxygens (including phenoxy) is 1. The number of carbonyl (C=O) groups is 1. The maximum Gasteiger partial charge on any atom is 0.319 e. The highest BCUT2D eigenvalue weighted by Gasteiger charge is 2.09. The molecular formula is C18H21N5O2. The number of carbonyl (C=O) groups excluding carboxylic acids is 1. The molecule has 0 saturated heterocycles. The number of urea groups is 1. The topological polar surface area (TPSA) is 81.1 Å². The van der Waals surface area contributed by atoms with Crippen LogP contribution in [0.3, 0.4) is 0 Å². The molecule has 2 heterocycles. The molecule has 0 bridgehead atoms. The number of hydrogen-bond acceptors (Lipinski definition) is 4. The molecule has 0 aliphatic carbocycles. The number of nitrogens with one attached hydrogen (secondary N) is 2. The van der Waals surface area contributed by atoms with Gasteiger partial charge in [0.15, 0.2) is 5.65 Å². The standard InChI is InChI=1S/C18H21N5O2/c1-4-25-16-8-6-5-7-13(16)10-20-18(24)21-14-9-15-12(2)22-23(3)17(15)19-11-14/h5-9,11H,4,10H2,1-3H3,(H2,20,21,24). The van der Waals surface area contributed by atoms with Crippen LogP contribution in [0.2, 0.25) is 0 Å². The van der Waals surface area contributed by atoms with Crippen LogP contribution < -0.4 is 15.4 Å². The minimum Gasteiger partial charge on any atom is -0.494 e. The van der Waals surface area contributed by atoms with Gasteiger partial charge in [0.2, 0.25) is 0 Å². The van der Waals surface area contributed by atoms with Gasteiger partial charge >= 0.3 is 6.03 Å². The van der Waals surface area contributed by atoms with Crippen molar-refractivity contribution in [3.8, 4) is 5.75 Å². The predicted octanol–water partition coefficient (Wildman–Crippen LogP) is 3.00. The normalized spacial score (nSPS) is 10.7. The second kappa shape index (κ2) is 7.21. The average Bonchev–Trinajstić information content (AvgIpc) is 2.88. The third-order valence-electron chi connectivity index (χ3n) is 3.83. The Labute approximate surface area is 146 Å². The van der Waals surface area contributed by atoms with Gasteiger partial charge in [-0.1, -0.05) is 18.2 Å². The molecule has 3 aromatic rings. The molecule has 0 aliphatic rings. The highest BCUT2D eigenvalue weighted by molar-refractivity contribution is 5.92. The van der Waals surface area contributed by atoms with Crippen LogP contribution in [0.1, 0.15) is 18.2 Å². The minimum atomic E-state index is -0.297. The molecule has 1 aromatic carbocycles. The van der Waals surface area contributed by atoms with Gasteiger partial charge in [0, 0.05) is 24.5 Å². The lowest BCUT2D eigenvalue weighted by Crippen LogP contribution is -2.28. The number of fused-ring (bicyclic) bond motifs is 1. The Bertz CT molecular complexity index is 904. The highest BCUT2D eigenvalue weighted by atomic mass is 16.5. The summed E-state index contributed by atoms with van der Waals surface area (Å²) in [5.41, 5.74) is 3.21. The van der Waals surface area contributed by atoms with Crippen molar-refractivity contribution in [2.45, 2.75) is 20.4 Å². The van der Waals surface area contributed by atoms with Crippen molar-refractivity contribution in [3.63, 3.8) is 0 Å². The van der Waals surface area contributed by atoms with Gasteiger partial charge in [0.1, 0.15) is 5.75 Å². The van der Waals surface area contributed by atoms with Crippen LogP contribution in [0.25, 0.3) is 11.0 Å². The third-order valence-corrected chi connectivity index (χ3v) is 3.83. The number of pyridine rings is 1. The van der Waals surface area contributed by atoms with Crippen molar-refractivity contribution >= 4 is 22.8 Å². The van der Waals surface area contributed by atoms with Gasteiger partial charge in [-0.15, -0.1) is 0 Å². The molecular weight excluding hydrogens is 318 g/mol. The number of aryl methyl sites for hydroxylation is 2. The number of para-hydroxylation sites is 1. The molecule has 25 heavy (non-hydrogen) atoms. The van der Waals surface area contributed by atoms with Crippen molar-refractivity contribution in [3.05, 3.63) is 47.8 Å². The number of hydrogen-bond donors (Lipinski definition) is 2. The van der Waals surface area contributed by atoms with Crippen LogP contribution in [0, 0.1) is 6.92 Å². The van der Waals surface area contributed by atoms with Crippen LogP contribution in [-0.2, 0) is 13.6 Å². The first-order chi connectivity index (χ1) is 12.1. The smallest absolute Gasteiger partial charge is 0.319 e. The molecule has 7 heteroatoms. The van der Waals surface area contributed by atoms with Gasteiger partial charge in [-0.2, -0.15) is 5.10 Å². The molecule has 0 atom stereocenters. The molecule has 0 saturated carbocycles. The lowest BCUT2D eigenvalue weighted by Gasteiger charge is -2.11. The van der Waals surface area contributed by atoms with Crippen LogP contribution in [0.5, 0.6) is 5.75 Å². The number of benzene rings is 1. The van der Waals surface area contributed by atoms with E-state index in [0.717, 1.165) is 28.0 Å². The molecule has 2 amide bonds. The van der Waals surface area contributed by atoms with E-state index in [9.17, 15) is 4.79 Å². The Morgan fingerprint density at radius 3 is 2.92 bits per heavy atom. The van der Waals surface area contributed by atoms with Crippen molar-refractivity contribution in [2.24, 2.45) is 7.05 Å². The number of nitrogens with zero attached hydrogens (tertiary/aromatic N) is 3. The van der Waals surface area contributed by atoms with Gasteiger partial charge < -0.3 is 15.4 Å². The molecule has 0 aliphatic heterocycles. The maximum atomic E-state index is 12.2. The van der Waals surface area contributed by atoms with Gasteiger partial charge in [0.25, 0.3) is 0 Å². The average molecular weight is 339 g/mol. The molecule has 3 rings (SSSR count). The summed E-state index contributed by atoms with van der Waals surface area (Å²) in [5, 5.41) is 10.9. The van der Waals surface area contributed by atoms with E-state index < -0.39 is 0 Å². The van der Waals surface area contributed by atoms with Crippen molar-refractivity contribution in [2.75, 3.05) is 11.9 Å². The Hall–Kier alpha value is -3.09. The molecule has 0 radical (unpaired) electrons. The fourth-order valence-electron chi connectivity index (χ4n) is 2.67. The lowest BCUT2D eigenvalue weighted by molar-refractivity contribution is 0.251. The molecule has 7 nitrogen and oxygen atoms in total. The molecule has 0 unspecified atom stereocenters. The molecule has 0 spiro atoms. The van der Waals surface area contributed by atoms with E-state index in [-0.39, 0.29) is 6.03 Å². The zero-order valence-corrected chi connectivity index (χ0v) is 14.5. The Morgan fingerprint density at radius 2 is 2.12 bits per heavy atom. The van der Waals surface area contributed by atoms with Crippen molar-refractivity contribution in [1.82, 2.24) is 20.1 Å². The molecule has 2 aromatic heterocycles. The van der Waals surface area contributed by atoms with E-state index in [0.29, 0.717) is 18.8 Å². The molecule has 130 valence electrons. The summed E-state index contributed by atoms with van der Waals surface area (Å²) >= 11 is 0. The summed E-state index contributed by atoms with van der Waals surface area (Å²) in [6.07, 6.45) is 1.62. The highest BCUT2D eigenvalue weighted by Crippen LogP contribution is 2.20. The second-order valence-corrected chi connectivity index (χ2v) is 5.65. The van der Waals surface area contributed by atoms with Crippen LogP contribution in [0.4, 0.5) is 10.5 Å². The summed E-state index contributed by atoms with van der Waals surface area (Å²) in [7, 11) is 1.85. The monoisotopic (exact) mass is 339 g/mol. The SMILES string of the molecule is CCOc1ccccc1CNC(=O)Nc1cnc2c(c1)c(C)nn2C. The van der Waals surface area contributed by atoms with E-state index in [1.165, 1.54) is 0 Å². The van der Waals surface area contributed by atoms with E-state index in [2.05, 4.69) is 20.7 Å². The minimum absolute atomic E-state index is 0.297. The van der Waals surface area contributed by atoms with Gasteiger partial charge in [-0.05, 0) is 26.0 Å². The van der Waals surface area contributed by atoms with Crippen molar-refractivity contribution < 1.29 is 9.53 Å². The largest absolute Gasteiger partial charge is 0.494 e. The van der Waals surface area contributed by atoms with E-state index in [1.54, 1.807) is 10.9 Å². The van der Waals surface area contributed by atoms with Crippen molar-refractivity contribution in [1.29, 1.82) is 0 Å². The van der Waals surface area contributed by atoms with Crippen LogP contribution in [-0.4, -0.2) is 27.4 Å². The second-order valence-electron chi connectivity index (χ2n) is 5.65. The fraction of sp³-hybridized carbons (Fsp3) is 0.278. The molecule has 2 N–H and O–H groups in total. The zero-order chi connectivity index (χ0) is 17.8. The van der Waals surface area contributed by atoms with Crippen LogP contribution in [0.15, 0.2) is 36.5 Å². The zero-order valence-electron chi connectivity index (χ0n) is 14.5. The van der Waals surface area contributed by atoms with E-state index >= 15 is 0 Å². The number of anilines is 1. The van der Waals surface area contributed by atoms with Crippen LogP contribution >= 0.6 is 0 Å². The van der Waals surface area contributed by atoms with Gasteiger partial charge in [-0.25, -0.2) is 9.78 Å². The maximum absolute atomic E-state index is 12.2. The Morgan fingerprint density at radius 1 is 1.32 bits per heavy atom. The first kappa shape index (κ1) is 16.8. The summed E-state index contributed by atoms with van der Waals surface area (Å²) < 4.78 is 7.28. The summed E-state index contributed by atoms with van der Waals surface area (Å²) in [4.78, 5) is 16.5. The Balaban J connectivity index is 1.66. The molecule has 0 fully saturated rings. The number of aromatic nitrogens is 3. The number of rotatable bonds is 5. The lowest BCUT2D eigenvalue weighted by atomic mass is 10.2. The number of amides is 2. The van der Waals surface area contributed by atoms with E-state index in [4.69, 9.17) is 4.74 Å². The van der Waals surface area contributed by atoms with E-state index in [1.807, 2.05) is 51.2 Å². The van der Waals surface area contributed by atoms with Gasteiger partial charge in [0.05, 0.1) is 24.2 Å². The quantitative estimate of drug-likeness (QED) is 0.749. The summed E-state index contributed by atoms with van der Waals surface area (Å²) in [5.74, 6) is 0.777. The first-order valence-electron chi connectivity index (χ1n) is 8.13. The van der Waals surface area contributed by atoms with Gasteiger partial charge in [-0.3, -0.25) is 4.68 Å². The fourth-order valence-corrected chi connectivity index (χ4v) is 2.67.